The molecule has 2 unspecified atom stereocenters. The molecule has 0 aromatic heterocycles. The van der Waals surface area contributed by atoms with Gasteiger partial charge in [-0.1, -0.05) is 32.0 Å². The molecular formula is C15H18N2O4. The van der Waals surface area contributed by atoms with Crippen LogP contribution in [0.2, 0.25) is 0 Å². The van der Waals surface area contributed by atoms with Gasteiger partial charge in [-0.15, -0.1) is 0 Å². The van der Waals surface area contributed by atoms with Crippen molar-refractivity contribution in [3.05, 3.63) is 30.3 Å². The van der Waals surface area contributed by atoms with Gasteiger partial charge in [0.25, 0.3) is 5.91 Å². The molecule has 6 nitrogen and oxygen atoms in total. The maximum absolute atomic E-state index is 12.3. The highest BCUT2D eigenvalue weighted by molar-refractivity contribution is 6.22. The van der Waals surface area contributed by atoms with Crippen molar-refractivity contribution in [3.63, 3.8) is 0 Å². The summed E-state index contributed by atoms with van der Waals surface area (Å²) in [5.74, 6) is -1.94. The van der Waals surface area contributed by atoms with E-state index in [9.17, 15) is 14.4 Å². The Bertz CT molecular complexity index is 556. The minimum atomic E-state index is -1.02. The van der Waals surface area contributed by atoms with Crippen molar-refractivity contribution in [2.24, 2.45) is 5.92 Å². The molecule has 112 valence electrons. The fourth-order valence-corrected chi connectivity index (χ4v) is 2.38. The molecular weight excluding hydrogens is 272 g/mol. The number of hydrogen-bond acceptors (Lipinski definition) is 4. The van der Waals surface area contributed by atoms with Gasteiger partial charge in [-0.25, -0.2) is 4.90 Å². The Labute approximate surface area is 122 Å². The zero-order valence-electron chi connectivity index (χ0n) is 11.9. The van der Waals surface area contributed by atoms with Crippen molar-refractivity contribution < 1.29 is 19.5 Å². The number of imide groups is 1. The third-order valence-electron chi connectivity index (χ3n) is 3.47. The summed E-state index contributed by atoms with van der Waals surface area (Å²) in [6, 6.07) is 6.98. The van der Waals surface area contributed by atoms with E-state index in [0.29, 0.717) is 5.69 Å². The van der Waals surface area contributed by atoms with Crippen LogP contribution >= 0.6 is 0 Å². The monoisotopic (exact) mass is 290 g/mol. The Kier molecular flexibility index (Phi) is 4.37. The first-order valence-electron chi connectivity index (χ1n) is 6.82. The largest absolute Gasteiger partial charge is 0.480 e. The molecule has 2 amide bonds. The van der Waals surface area contributed by atoms with Crippen LogP contribution in [0.4, 0.5) is 5.69 Å². The number of carboxylic acid groups (broad SMARTS) is 1. The molecule has 1 saturated heterocycles. The molecule has 1 aromatic rings. The molecule has 6 heteroatoms. The van der Waals surface area contributed by atoms with Crippen LogP contribution in [-0.2, 0) is 14.4 Å². The number of benzene rings is 1. The van der Waals surface area contributed by atoms with Gasteiger partial charge in [0.05, 0.1) is 18.2 Å². The van der Waals surface area contributed by atoms with Crippen LogP contribution in [0, 0.1) is 5.92 Å². The maximum atomic E-state index is 12.3. The number of nitrogens with one attached hydrogen (secondary N) is 1. The Morgan fingerprint density at radius 1 is 1.29 bits per heavy atom. The van der Waals surface area contributed by atoms with Gasteiger partial charge in [0, 0.05) is 0 Å². The Hall–Kier alpha value is -2.21. The van der Waals surface area contributed by atoms with Crippen molar-refractivity contribution in [1.29, 1.82) is 0 Å². The van der Waals surface area contributed by atoms with Crippen LogP contribution in [0.3, 0.4) is 0 Å². The average molecular weight is 290 g/mol. The lowest BCUT2D eigenvalue weighted by atomic mass is 10.0. The smallest absolute Gasteiger partial charge is 0.320 e. The lowest BCUT2D eigenvalue weighted by molar-refractivity contribution is -0.141. The molecule has 0 aliphatic carbocycles. The predicted octanol–water partition coefficient (Wildman–Crippen LogP) is 1.02. The number of anilines is 1. The van der Waals surface area contributed by atoms with Gasteiger partial charge in [0.1, 0.15) is 6.04 Å². The quantitative estimate of drug-likeness (QED) is 0.791. The first-order chi connectivity index (χ1) is 9.91. The third kappa shape index (κ3) is 3.11. The number of para-hydroxylation sites is 1. The fourth-order valence-electron chi connectivity index (χ4n) is 2.38. The number of carbonyl (C=O) groups excluding carboxylic acids is 2. The zero-order chi connectivity index (χ0) is 15.6. The summed E-state index contributed by atoms with van der Waals surface area (Å²) in [6.07, 6.45) is -0.0236. The summed E-state index contributed by atoms with van der Waals surface area (Å²) < 4.78 is 0. The van der Waals surface area contributed by atoms with E-state index in [2.05, 4.69) is 5.32 Å². The Balaban J connectivity index is 2.17. The molecule has 2 atom stereocenters. The summed E-state index contributed by atoms with van der Waals surface area (Å²) in [7, 11) is 0. The number of amides is 2. The van der Waals surface area contributed by atoms with Crippen LogP contribution < -0.4 is 10.2 Å². The first kappa shape index (κ1) is 15.2. The molecule has 0 radical (unpaired) electrons. The van der Waals surface area contributed by atoms with Crippen molar-refractivity contribution in [2.75, 3.05) is 4.90 Å². The van der Waals surface area contributed by atoms with Gasteiger partial charge in [-0.05, 0) is 18.1 Å². The number of aliphatic carboxylic acids is 1. The molecule has 1 fully saturated rings. The first-order valence-corrected chi connectivity index (χ1v) is 6.82. The summed E-state index contributed by atoms with van der Waals surface area (Å²) >= 11 is 0. The van der Waals surface area contributed by atoms with E-state index < -0.39 is 24.0 Å². The minimum absolute atomic E-state index is 0.0236. The highest BCUT2D eigenvalue weighted by Gasteiger charge is 2.41. The van der Waals surface area contributed by atoms with E-state index in [-0.39, 0.29) is 18.2 Å². The van der Waals surface area contributed by atoms with Gasteiger partial charge in [-0.2, -0.15) is 0 Å². The van der Waals surface area contributed by atoms with E-state index >= 15 is 0 Å². The summed E-state index contributed by atoms with van der Waals surface area (Å²) in [5, 5.41) is 11.9. The second-order valence-electron chi connectivity index (χ2n) is 5.39. The predicted molar refractivity (Wildman–Crippen MR) is 76.7 cm³/mol. The van der Waals surface area contributed by atoms with E-state index in [0.717, 1.165) is 4.90 Å². The number of hydrogen-bond donors (Lipinski definition) is 2. The molecule has 0 bridgehead atoms. The fraction of sp³-hybridized carbons (Fsp3) is 0.400. The maximum Gasteiger partial charge on any atom is 0.320 e. The van der Waals surface area contributed by atoms with Crippen molar-refractivity contribution in [3.8, 4) is 0 Å². The van der Waals surface area contributed by atoms with Gasteiger partial charge in [0.15, 0.2) is 0 Å². The number of rotatable bonds is 5. The van der Waals surface area contributed by atoms with E-state index in [1.54, 1.807) is 44.2 Å². The molecule has 1 aliphatic heterocycles. The van der Waals surface area contributed by atoms with Crippen molar-refractivity contribution in [2.45, 2.75) is 32.4 Å². The summed E-state index contributed by atoms with van der Waals surface area (Å²) in [4.78, 5) is 36.7. The second kappa shape index (κ2) is 6.05. The average Bonchev–Trinajstić information content (AvgIpc) is 2.71. The van der Waals surface area contributed by atoms with Gasteiger partial charge in [0.2, 0.25) is 5.91 Å². The normalized spacial score (nSPS) is 20.1. The number of carboxylic acids is 1. The highest BCUT2D eigenvalue weighted by atomic mass is 16.4. The van der Waals surface area contributed by atoms with Crippen LogP contribution in [0.15, 0.2) is 30.3 Å². The van der Waals surface area contributed by atoms with Gasteiger partial charge in [-0.3, -0.25) is 19.7 Å². The standard InChI is InChI=1S/C15H18N2O4/c1-9(2)13(15(20)21)16-11-8-12(18)17(14(11)19)10-6-4-3-5-7-10/h3-7,9,11,13,16H,8H2,1-2H3,(H,20,21). The molecule has 2 rings (SSSR count). The van der Waals surface area contributed by atoms with Crippen LogP contribution in [0.25, 0.3) is 0 Å². The Morgan fingerprint density at radius 2 is 1.90 bits per heavy atom. The molecule has 1 heterocycles. The molecule has 0 saturated carbocycles. The lowest BCUT2D eigenvalue weighted by Crippen LogP contribution is -2.49. The second-order valence-corrected chi connectivity index (χ2v) is 5.39. The zero-order valence-corrected chi connectivity index (χ0v) is 11.9. The molecule has 1 aliphatic rings. The highest BCUT2D eigenvalue weighted by Crippen LogP contribution is 2.23. The van der Waals surface area contributed by atoms with Crippen molar-refractivity contribution in [1.82, 2.24) is 5.32 Å². The van der Waals surface area contributed by atoms with Crippen LogP contribution in [0.1, 0.15) is 20.3 Å². The van der Waals surface area contributed by atoms with Crippen LogP contribution in [-0.4, -0.2) is 35.0 Å². The van der Waals surface area contributed by atoms with Gasteiger partial charge < -0.3 is 5.11 Å². The third-order valence-corrected chi connectivity index (χ3v) is 3.47. The SMILES string of the molecule is CC(C)C(NC1CC(=O)N(c2ccccc2)C1=O)C(=O)O. The Morgan fingerprint density at radius 3 is 2.43 bits per heavy atom. The summed E-state index contributed by atoms with van der Waals surface area (Å²) in [5.41, 5.74) is 0.508. The number of carbonyl (C=O) groups is 3. The minimum Gasteiger partial charge on any atom is -0.480 e. The molecule has 2 N–H and O–H groups in total. The topological polar surface area (TPSA) is 86.7 Å². The van der Waals surface area contributed by atoms with E-state index in [1.165, 1.54) is 0 Å². The van der Waals surface area contributed by atoms with Crippen LogP contribution in [0.5, 0.6) is 0 Å². The van der Waals surface area contributed by atoms with E-state index in [1.807, 2.05) is 0 Å². The van der Waals surface area contributed by atoms with E-state index in [4.69, 9.17) is 5.11 Å². The lowest BCUT2D eigenvalue weighted by Gasteiger charge is -2.21. The number of nitrogens with zero attached hydrogens (tertiary/aromatic N) is 1. The van der Waals surface area contributed by atoms with Crippen molar-refractivity contribution >= 4 is 23.5 Å². The molecule has 1 aromatic carbocycles. The van der Waals surface area contributed by atoms with Gasteiger partial charge >= 0.3 is 5.97 Å². The molecule has 21 heavy (non-hydrogen) atoms. The summed E-state index contributed by atoms with van der Waals surface area (Å²) in [6.45, 7) is 3.50. The molecule has 0 spiro atoms.